The number of amides is 1. The molecule has 7 heteroatoms. The summed E-state index contributed by atoms with van der Waals surface area (Å²) in [6, 6.07) is 9.08. The van der Waals surface area contributed by atoms with E-state index in [4.69, 9.17) is 0 Å². The lowest BCUT2D eigenvalue weighted by Gasteiger charge is -2.12. The van der Waals surface area contributed by atoms with E-state index in [1.807, 2.05) is 19.0 Å². The number of nitrogens with one attached hydrogen (secondary N) is 3. The van der Waals surface area contributed by atoms with Crippen molar-refractivity contribution < 1.29 is 13.6 Å². The zero-order valence-corrected chi connectivity index (χ0v) is 14.6. The molecule has 1 amide bonds. The van der Waals surface area contributed by atoms with Crippen LogP contribution >= 0.6 is 0 Å². The Hall–Kier alpha value is -2.93. The molecule has 5 nitrogen and oxygen atoms in total. The first kappa shape index (κ1) is 17.9. The molecule has 3 rings (SSSR count). The van der Waals surface area contributed by atoms with Gasteiger partial charge in [0.2, 0.25) is 0 Å². The summed E-state index contributed by atoms with van der Waals surface area (Å²) in [5, 5.41) is 8.49. The third-order valence-electron chi connectivity index (χ3n) is 4.00. The molecule has 0 spiro atoms. The van der Waals surface area contributed by atoms with Crippen LogP contribution in [0.3, 0.4) is 0 Å². The molecule has 0 fully saturated rings. The zero-order chi connectivity index (χ0) is 18.7. The van der Waals surface area contributed by atoms with Gasteiger partial charge in [-0.25, -0.2) is 8.78 Å². The first-order valence-corrected chi connectivity index (χ1v) is 8.21. The molecule has 136 valence electrons. The van der Waals surface area contributed by atoms with Gasteiger partial charge >= 0.3 is 0 Å². The second-order valence-electron chi connectivity index (χ2n) is 6.24. The lowest BCUT2D eigenvalue weighted by molar-refractivity contribution is -0.110. The van der Waals surface area contributed by atoms with Crippen molar-refractivity contribution in [1.29, 1.82) is 0 Å². The molecule has 26 heavy (non-hydrogen) atoms. The van der Waals surface area contributed by atoms with Crippen LogP contribution in [0.2, 0.25) is 0 Å². The molecule has 1 aliphatic rings. The van der Waals surface area contributed by atoms with Gasteiger partial charge in [0.25, 0.3) is 5.91 Å². The van der Waals surface area contributed by atoms with Gasteiger partial charge in [0, 0.05) is 30.5 Å². The van der Waals surface area contributed by atoms with E-state index in [0.717, 1.165) is 6.54 Å². The normalized spacial score (nSPS) is 14.5. The summed E-state index contributed by atoms with van der Waals surface area (Å²) in [4.78, 5) is 14.0. The first-order chi connectivity index (χ1) is 12.5. The van der Waals surface area contributed by atoms with Crippen LogP contribution in [0.25, 0.3) is 5.57 Å². The van der Waals surface area contributed by atoms with Crippen molar-refractivity contribution in [2.75, 3.05) is 43.1 Å². The fourth-order valence-electron chi connectivity index (χ4n) is 2.66. The van der Waals surface area contributed by atoms with Crippen LogP contribution in [0, 0.1) is 11.6 Å². The second-order valence-corrected chi connectivity index (χ2v) is 6.24. The minimum Gasteiger partial charge on any atom is -0.381 e. The van der Waals surface area contributed by atoms with E-state index >= 15 is 0 Å². The fourth-order valence-corrected chi connectivity index (χ4v) is 2.66. The summed E-state index contributed by atoms with van der Waals surface area (Å²) in [7, 11) is 3.89. The molecule has 0 aromatic heterocycles. The molecule has 2 aromatic carbocycles. The molecule has 1 aliphatic heterocycles. The largest absolute Gasteiger partial charge is 0.381 e. The summed E-state index contributed by atoms with van der Waals surface area (Å²) < 4.78 is 28.2. The predicted octanol–water partition coefficient (Wildman–Crippen LogP) is 3.34. The molecule has 2 aromatic rings. The summed E-state index contributed by atoms with van der Waals surface area (Å²) in [6.07, 6.45) is 1.39. The van der Waals surface area contributed by atoms with E-state index in [2.05, 4.69) is 16.0 Å². The van der Waals surface area contributed by atoms with Crippen molar-refractivity contribution in [3.8, 4) is 0 Å². The Balaban J connectivity index is 1.73. The molecule has 0 unspecified atom stereocenters. The minimum absolute atomic E-state index is 0.173. The maximum absolute atomic E-state index is 14.2. The number of rotatable bonds is 6. The lowest BCUT2D eigenvalue weighted by atomic mass is 10.1. The minimum atomic E-state index is -0.486. The van der Waals surface area contributed by atoms with Crippen molar-refractivity contribution in [1.82, 2.24) is 4.90 Å². The van der Waals surface area contributed by atoms with E-state index in [1.54, 1.807) is 18.2 Å². The Labute approximate surface area is 150 Å². The van der Waals surface area contributed by atoms with Crippen LogP contribution in [-0.2, 0) is 4.79 Å². The van der Waals surface area contributed by atoms with Crippen molar-refractivity contribution in [3.05, 3.63) is 59.8 Å². The van der Waals surface area contributed by atoms with E-state index < -0.39 is 17.5 Å². The smallest absolute Gasteiger partial charge is 0.257 e. The highest BCUT2D eigenvalue weighted by atomic mass is 19.1. The monoisotopic (exact) mass is 358 g/mol. The molecule has 0 radical (unpaired) electrons. The molecular formula is C19H20F2N4O. The number of hydrogen-bond donors (Lipinski definition) is 3. The van der Waals surface area contributed by atoms with Crippen LogP contribution in [0.1, 0.15) is 5.56 Å². The summed E-state index contributed by atoms with van der Waals surface area (Å²) in [5.74, 6) is -1.30. The number of likely N-dealkylation sites (N-methyl/N-ethyl adjacent to an activating group) is 1. The number of fused-ring (bicyclic) bond motifs is 1. The van der Waals surface area contributed by atoms with Crippen molar-refractivity contribution in [2.24, 2.45) is 0 Å². The highest BCUT2D eigenvalue weighted by molar-refractivity contribution is 6.31. The van der Waals surface area contributed by atoms with Gasteiger partial charge in [0.05, 0.1) is 16.9 Å². The van der Waals surface area contributed by atoms with E-state index in [-0.39, 0.29) is 11.1 Å². The highest BCUT2D eigenvalue weighted by Crippen LogP contribution is 2.33. The number of nitrogens with zero attached hydrogens (tertiary/aromatic N) is 1. The molecule has 3 N–H and O–H groups in total. The molecule has 0 aliphatic carbocycles. The van der Waals surface area contributed by atoms with Crippen LogP contribution in [0.15, 0.2) is 42.6 Å². The van der Waals surface area contributed by atoms with Crippen LogP contribution in [-0.4, -0.2) is 38.0 Å². The van der Waals surface area contributed by atoms with Crippen LogP contribution in [0.4, 0.5) is 25.8 Å². The number of hydrogen-bond acceptors (Lipinski definition) is 4. The Morgan fingerprint density at radius 1 is 1.15 bits per heavy atom. The van der Waals surface area contributed by atoms with E-state index in [9.17, 15) is 13.6 Å². The Morgan fingerprint density at radius 3 is 2.69 bits per heavy atom. The quantitative estimate of drug-likeness (QED) is 0.693. The number of halogens is 2. The number of carbonyl (C=O) groups excluding carboxylic acids is 1. The third kappa shape index (κ3) is 3.83. The summed E-state index contributed by atoms with van der Waals surface area (Å²) >= 11 is 0. The first-order valence-electron chi connectivity index (χ1n) is 8.21. The second kappa shape index (κ2) is 7.53. The molecule has 1 heterocycles. The van der Waals surface area contributed by atoms with Crippen LogP contribution in [0.5, 0.6) is 0 Å². The fraction of sp³-hybridized carbons (Fsp3) is 0.211. The van der Waals surface area contributed by atoms with Gasteiger partial charge in [-0.15, -0.1) is 0 Å². The van der Waals surface area contributed by atoms with Crippen molar-refractivity contribution in [2.45, 2.75) is 0 Å². The standard InChI is InChI=1S/C19H20F2N4O/c1-25(2)9-8-22-16-7-6-12(10-15(16)21)23-11-13-18-14(20)4-3-5-17(18)24-19(13)26/h3-7,10-11,22-23H,8-9H2,1-2H3,(H,24,26). The maximum atomic E-state index is 14.2. The number of carbonyl (C=O) groups is 1. The van der Waals surface area contributed by atoms with Crippen molar-refractivity contribution in [3.63, 3.8) is 0 Å². The van der Waals surface area contributed by atoms with Crippen molar-refractivity contribution >= 4 is 28.5 Å². The summed E-state index contributed by atoms with van der Waals surface area (Å²) in [5.41, 5.74) is 1.68. The number of anilines is 3. The Kier molecular flexibility index (Phi) is 5.18. The lowest BCUT2D eigenvalue weighted by Crippen LogP contribution is -2.21. The molecule has 0 saturated heterocycles. The average molecular weight is 358 g/mol. The predicted molar refractivity (Wildman–Crippen MR) is 100 cm³/mol. The topological polar surface area (TPSA) is 56.4 Å². The average Bonchev–Trinajstić information content (AvgIpc) is 2.91. The van der Waals surface area contributed by atoms with Gasteiger partial charge in [-0.2, -0.15) is 0 Å². The third-order valence-corrected chi connectivity index (χ3v) is 4.00. The molecule has 0 bridgehead atoms. The molecule has 0 atom stereocenters. The van der Waals surface area contributed by atoms with Gasteiger partial charge in [-0.1, -0.05) is 6.07 Å². The zero-order valence-electron chi connectivity index (χ0n) is 14.6. The van der Waals surface area contributed by atoms with E-state index in [1.165, 1.54) is 24.4 Å². The van der Waals surface area contributed by atoms with E-state index in [0.29, 0.717) is 23.6 Å². The van der Waals surface area contributed by atoms with Gasteiger partial charge in [0.15, 0.2) is 0 Å². The van der Waals surface area contributed by atoms with Crippen LogP contribution < -0.4 is 16.0 Å². The van der Waals surface area contributed by atoms with Gasteiger partial charge in [0.1, 0.15) is 11.6 Å². The molecular weight excluding hydrogens is 338 g/mol. The highest BCUT2D eigenvalue weighted by Gasteiger charge is 2.27. The maximum Gasteiger partial charge on any atom is 0.257 e. The van der Waals surface area contributed by atoms with Gasteiger partial charge < -0.3 is 20.9 Å². The molecule has 0 saturated carbocycles. The number of benzene rings is 2. The SMILES string of the molecule is CN(C)CCNc1ccc(NC=C2C(=O)Nc3cccc(F)c32)cc1F. The van der Waals surface area contributed by atoms with Gasteiger partial charge in [-0.3, -0.25) is 4.79 Å². The summed E-state index contributed by atoms with van der Waals surface area (Å²) in [6.45, 7) is 1.41. The van der Waals surface area contributed by atoms with Gasteiger partial charge in [-0.05, 0) is 44.4 Å². The Bertz CT molecular complexity index is 865. The Morgan fingerprint density at radius 2 is 1.96 bits per heavy atom.